The molecule has 2 saturated heterocycles. The Hall–Kier alpha value is -0.850. The number of carbonyl (C=O) groups is 1. The molecule has 0 aromatic rings. The van der Waals surface area contributed by atoms with E-state index in [1.807, 2.05) is 20.8 Å². The number of hydrogen-bond acceptors (Lipinski definition) is 5. The van der Waals surface area contributed by atoms with Crippen LogP contribution in [0.1, 0.15) is 20.8 Å². The maximum atomic E-state index is 12.2. The third kappa shape index (κ3) is 3.84. The number of likely N-dealkylation sites (tertiary alicyclic amines) is 1. The summed E-state index contributed by atoms with van der Waals surface area (Å²) in [5.74, 6) is 0.320. The number of morpholine rings is 1. The van der Waals surface area contributed by atoms with E-state index in [4.69, 9.17) is 15.2 Å². The van der Waals surface area contributed by atoms with E-state index >= 15 is 0 Å². The Kier molecular flexibility index (Phi) is 4.88. The van der Waals surface area contributed by atoms with Crippen LogP contribution in [0.25, 0.3) is 0 Å². The van der Waals surface area contributed by atoms with Crippen molar-refractivity contribution in [1.29, 1.82) is 0 Å². The molecular formula is C14H27N3O3. The van der Waals surface area contributed by atoms with Gasteiger partial charge in [0.25, 0.3) is 0 Å². The molecule has 0 aliphatic carbocycles. The van der Waals surface area contributed by atoms with Crippen LogP contribution in [-0.2, 0) is 9.47 Å². The van der Waals surface area contributed by atoms with E-state index in [-0.39, 0.29) is 6.09 Å². The first-order valence-corrected chi connectivity index (χ1v) is 7.40. The molecule has 6 nitrogen and oxygen atoms in total. The summed E-state index contributed by atoms with van der Waals surface area (Å²) < 4.78 is 10.8. The summed E-state index contributed by atoms with van der Waals surface area (Å²) in [5, 5.41) is 0. The van der Waals surface area contributed by atoms with Gasteiger partial charge in [0.15, 0.2) is 0 Å². The number of nitrogens with zero attached hydrogens (tertiary/aromatic N) is 2. The lowest BCUT2D eigenvalue weighted by molar-refractivity contribution is 0.00846. The summed E-state index contributed by atoms with van der Waals surface area (Å²) in [6.07, 6.45) is -0.230. The molecule has 0 unspecified atom stereocenters. The van der Waals surface area contributed by atoms with Crippen LogP contribution < -0.4 is 5.73 Å². The highest BCUT2D eigenvalue weighted by Crippen LogP contribution is 2.24. The SMILES string of the molecule is CC(C)(C)OC(=O)N1C[C@H](CN)[C@H](N2CCOCC2)C1. The molecule has 0 aromatic heterocycles. The topological polar surface area (TPSA) is 68.0 Å². The van der Waals surface area contributed by atoms with Gasteiger partial charge in [-0.25, -0.2) is 4.79 Å². The Morgan fingerprint density at radius 3 is 2.50 bits per heavy atom. The zero-order valence-corrected chi connectivity index (χ0v) is 12.8. The molecule has 116 valence electrons. The standard InChI is InChI=1S/C14H27N3O3/c1-14(2,3)20-13(18)17-9-11(8-15)12(10-17)16-4-6-19-7-5-16/h11-12H,4-10,15H2,1-3H3/t11-,12+/m0/s1. The first kappa shape index (κ1) is 15.5. The first-order valence-electron chi connectivity index (χ1n) is 7.40. The van der Waals surface area contributed by atoms with E-state index in [9.17, 15) is 4.79 Å². The van der Waals surface area contributed by atoms with Crippen molar-refractivity contribution >= 4 is 6.09 Å². The predicted octanol–water partition coefficient (Wildman–Crippen LogP) is 0.513. The highest BCUT2D eigenvalue weighted by Gasteiger charge is 2.39. The van der Waals surface area contributed by atoms with Gasteiger partial charge in [0.1, 0.15) is 5.60 Å². The van der Waals surface area contributed by atoms with E-state index in [0.717, 1.165) is 26.3 Å². The summed E-state index contributed by atoms with van der Waals surface area (Å²) in [7, 11) is 0. The zero-order chi connectivity index (χ0) is 14.8. The second-order valence-electron chi connectivity index (χ2n) is 6.60. The van der Waals surface area contributed by atoms with Gasteiger partial charge in [-0.15, -0.1) is 0 Å². The Morgan fingerprint density at radius 1 is 1.30 bits per heavy atom. The van der Waals surface area contributed by atoms with Gasteiger partial charge in [0.2, 0.25) is 0 Å². The number of rotatable bonds is 2. The van der Waals surface area contributed by atoms with Crippen molar-refractivity contribution in [3.05, 3.63) is 0 Å². The van der Waals surface area contributed by atoms with Crippen LogP contribution in [0.4, 0.5) is 4.79 Å². The number of hydrogen-bond donors (Lipinski definition) is 1. The van der Waals surface area contributed by atoms with Gasteiger partial charge in [-0.3, -0.25) is 4.90 Å². The highest BCUT2D eigenvalue weighted by atomic mass is 16.6. The van der Waals surface area contributed by atoms with Crippen LogP contribution in [0, 0.1) is 5.92 Å². The van der Waals surface area contributed by atoms with Gasteiger partial charge in [0.05, 0.1) is 13.2 Å². The Balaban J connectivity index is 1.96. The van der Waals surface area contributed by atoms with Crippen LogP contribution in [0.3, 0.4) is 0 Å². The maximum absolute atomic E-state index is 12.2. The monoisotopic (exact) mass is 285 g/mol. The summed E-state index contributed by atoms with van der Waals surface area (Å²) in [5.41, 5.74) is 5.43. The van der Waals surface area contributed by atoms with Gasteiger partial charge in [0, 0.05) is 38.1 Å². The summed E-state index contributed by atoms with van der Waals surface area (Å²) in [6, 6.07) is 0.330. The molecule has 0 radical (unpaired) electrons. The van der Waals surface area contributed by atoms with Crippen molar-refractivity contribution in [1.82, 2.24) is 9.80 Å². The minimum absolute atomic E-state index is 0.230. The van der Waals surface area contributed by atoms with Gasteiger partial charge < -0.3 is 20.1 Å². The molecule has 2 fully saturated rings. The van der Waals surface area contributed by atoms with E-state index in [1.165, 1.54) is 0 Å². The molecule has 2 rings (SSSR count). The number of carbonyl (C=O) groups excluding carboxylic acids is 1. The van der Waals surface area contributed by atoms with Crippen LogP contribution in [-0.4, -0.2) is 73.5 Å². The molecule has 0 saturated carbocycles. The van der Waals surface area contributed by atoms with Crippen molar-refractivity contribution in [3.63, 3.8) is 0 Å². The molecule has 20 heavy (non-hydrogen) atoms. The van der Waals surface area contributed by atoms with Gasteiger partial charge in [-0.1, -0.05) is 0 Å². The number of ether oxygens (including phenoxy) is 2. The summed E-state index contributed by atoms with van der Waals surface area (Å²) >= 11 is 0. The fraction of sp³-hybridized carbons (Fsp3) is 0.929. The minimum Gasteiger partial charge on any atom is -0.444 e. The molecule has 1 amide bonds. The quantitative estimate of drug-likeness (QED) is 0.801. The van der Waals surface area contributed by atoms with Crippen molar-refractivity contribution in [2.75, 3.05) is 45.9 Å². The average molecular weight is 285 g/mol. The largest absolute Gasteiger partial charge is 0.444 e. The van der Waals surface area contributed by atoms with E-state index < -0.39 is 5.60 Å². The van der Waals surface area contributed by atoms with Crippen molar-refractivity contribution in [3.8, 4) is 0 Å². The molecule has 2 heterocycles. The molecule has 0 bridgehead atoms. The third-order valence-electron chi connectivity index (χ3n) is 3.88. The normalized spacial score (nSPS) is 28.7. The number of nitrogens with two attached hydrogens (primary N) is 1. The minimum atomic E-state index is -0.452. The molecule has 2 N–H and O–H groups in total. The van der Waals surface area contributed by atoms with Gasteiger partial charge in [-0.05, 0) is 27.3 Å². The fourth-order valence-corrected chi connectivity index (χ4v) is 2.88. The molecule has 2 atom stereocenters. The van der Waals surface area contributed by atoms with Crippen molar-refractivity contribution in [2.24, 2.45) is 11.7 Å². The lowest BCUT2D eigenvalue weighted by Crippen LogP contribution is -2.48. The maximum Gasteiger partial charge on any atom is 0.410 e. The first-order chi connectivity index (χ1) is 9.40. The Bertz CT molecular complexity index is 337. The highest BCUT2D eigenvalue weighted by molar-refractivity contribution is 5.68. The molecule has 2 aliphatic heterocycles. The van der Waals surface area contributed by atoms with Crippen LogP contribution in [0.15, 0.2) is 0 Å². The fourth-order valence-electron chi connectivity index (χ4n) is 2.88. The van der Waals surface area contributed by atoms with Crippen LogP contribution in [0.2, 0.25) is 0 Å². The lowest BCUT2D eigenvalue weighted by Gasteiger charge is -2.34. The van der Waals surface area contributed by atoms with E-state index in [0.29, 0.717) is 31.6 Å². The molecule has 0 aromatic carbocycles. The average Bonchev–Trinajstić information content (AvgIpc) is 2.82. The smallest absolute Gasteiger partial charge is 0.410 e. The van der Waals surface area contributed by atoms with E-state index in [2.05, 4.69) is 4.90 Å². The Morgan fingerprint density at radius 2 is 1.95 bits per heavy atom. The van der Waals surface area contributed by atoms with Crippen molar-refractivity contribution in [2.45, 2.75) is 32.4 Å². The van der Waals surface area contributed by atoms with E-state index in [1.54, 1.807) is 4.90 Å². The molecule has 6 heteroatoms. The third-order valence-corrected chi connectivity index (χ3v) is 3.88. The van der Waals surface area contributed by atoms with Crippen molar-refractivity contribution < 1.29 is 14.3 Å². The van der Waals surface area contributed by atoms with Crippen LogP contribution >= 0.6 is 0 Å². The Labute approximate surface area is 121 Å². The second kappa shape index (κ2) is 6.28. The second-order valence-corrected chi connectivity index (χ2v) is 6.60. The van der Waals surface area contributed by atoms with Gasteiger partial charge >= 0.3 is 6.09 Å². The summed E-state index contributed by atoms with van der Waals surface area (Å²) in [4.78, 5) is 16.4. The number of amides is 1. The van der Waals surface area contributed by atoms with Gasteiger partial charge in [-0.2, -0.15) is 0 Å². The lowest BCUT2D eigenvalue weighted by atomic mass is 10.0. The summed E-state index contributed by atoms with van der Waals surface area (Å²) in [6.45, 7) is 11.0. The molecule has 0 spiro atoms. The van der Waals surface area contributed by atoms with Crippen LogP contribution in [0.5, 0.6) is 0 Å². The zero-order valence-electron chi connectivity index (χ0n) is 12.8. The molecular weight excluding hydrogens is 258 g/mol. The molecule has 2 aliphatic rings. The predicted molar refractivity (Wildman–Crippen MR) is 76.5 cm³/mol.